The molecule has 0 aliphatic carbocycles. The Kier molecular flexibility index (Phi) is 5.91. The molecule has 0 radical (unpaired) electrons. The molecule has 0 atom stereocenters. The highest BCUT2D eigenvalue weighted by Crippen LogP contribution is 2.16. The molecule has 0 saturated carbocycles. The normalized spacial score (nSPS) is 10.7. The van der Waals surface area contributed by atoms with Crippen LogP contribution in [0.5, 0.6) is 0 Å². The zero-order chi connectivity index (χ0) is 20.3. The quantitative estimate of drug-likeness (QED) is 0.676. The van der Waals surface area contributed by atoms with Gasteiger partial charge in [0.25, 0.3) is 11.5 Å². The average Bonchev–Trinajstić information content (AvgIpc) is 2.68. The number of nitrogens with zero attached hydrogens (tertiary/aromatic N) is 4. The maximum atomic E-state index is 12.5. The molecule has 1 aromatic carbocycles. The largest absolute Gasteiger partial charge is 0.353 e. The molecule has 2 heterocycles. The van der Waals surface area contributed by atoms with Gasteiger partial charge in [0, 0.05) is 18.6 Å². The van der Waals surface area contributed by atoms with Gasteiger partial charge in [-0.1, -0.05) is 41.4 Å². The molecule has 0 saturated heterocycles. The topological polar surface area (TPSA) is 98.9 Å². The average molecular weight is 420 g/mol. The molecular weight excluding hydrogens is 405 g/mol. The summed E-state index contributed by atoms with van der Waals surface area (Å²) < 4.78 is 1.80. The van der Waals surface area contributed by atoms with Gasteiger partial charge in [-0.3, -0.25) is 14.2 Å². The summed E-state index contributed by atoms with van der Waals surface area (Å²) in [6.07, 6.45) is 1.52. The molecule has 0 aliphatic rings. The molecule has 0 fully saturated rings. The third-order valence-corrected chi connectivity index (χ3v) is 4.66. The number of carbonyl (C=O) groups is 1. The first-order valence-electron chi connectivity index (χ1n) is 8.22. The van der Waals surface area contributed by atoms with E-state index in [4.69, 9.17) is 23.2 Å². The van der Waals surface area contributed by atoms with Gasteiger partial charge in [-0.05, 0) is 30.2 Å². The maximum absolute atomic E-state index is 12.5. The van der Waals surface area contributed by atoms with Crippen molar-refractivity contribution >= 4 is 29.1 Å². The van der Waals surface area contributed by atoms with Crippen LogP contribution in [-0.2, 0) is 13.5 Å². The lowest BCUT2D eigenvalue weighted by Gasteiger charge is -2.10. The standard InChI is InChI=1S/C18H15Cl2N5O3/c1-24-15(26)10-22-25(18(24)28)14-7-6-13(20)16(23-14)17(27)21-9-8-11-4-2-3-5-12(11)19/h2-7,10H,8-9H2,1H3,(H,21,27). The van der Waals surface area contributed by atoms with Gasteiger partial charge in [0.1, 0.15) is 11.9 Å². The van der Waals surface area contributed by atoms with E-state index in [1.54, 1.807) is 6.07 Å². The number of carbonyl (C=O) groups excluding carboxylic acids is 1. The predicted octanol–water partition coefficient (Wildman–Crippen LogP) is 1.61. The molecule has 2 aromatic heterocycles. The van der Waals surface area contributed by atoms with Gasteiger partial charge in [0.2, 0.25) is 0 Å². The Morgan fingerprint density at radius 2 is 1.86 bits per heavy atom. The molecule has 0 bridgehead atoms. The number of benzene rings is 1. The highest BCUT2D eigenvalue weighted by Gasteiger charge is 2.15. The Labute approximate surface area is 169 Å². The number of amides is 1. The fourth-order valence-electron chi connectivity index (χ4n) is 2.44. The van der Waals surface area contributed by atoms with Crippen LogP contribution in [0.2, 0.25) is 10.0 Å². The first-order chi connectivity index (χ1) is 13.4. The number of hydrogen-bond acceptors (Lipinski definition) is 5. The minimum atomic E-state index is -0.688. The molecule has 28 heavy (non-hydrogen) atoms. The molecule has 144 valence electrons. The van der Waals surface area contributed by atoms with E-state index >= 15 is 0 Å². The van der Waals surface area contributed by atoms with Crippen LogP contribution in [0.4, 0.5) is 0 Å². The second kappa shape index (κ2) is 8.37. The van der Waals surface area contributed by atoms with Crippen molar-refractivity contribution in [2.75, 3.05) is 6.54 Å². The lowest BCUT2D eigenvalue weighted by Crippen LogP contribution is -2.38. The Balaban J connectivity index is 1.81. The number of pyridine rings is 1. The van der Waals surface area contributed by atoms with Crippen LogP contribution >= 0.6 is 23.2 Å². The summed E-state index contributed by atoms with van der Waals surface area (Å²) >= 11 is 12.2. The van der Waals surface area contributed by atoms with Crippen LogP contribution in [0, 0.1) is 0 Å². The Bertz CT molecular complexity index is 1160. The van der Waals surface area contributed by atoms with Crippen molar-refractivity contribution in [1.29, 1.82) is 0 Å². The second-order valence-corrected chi connectivity index (χ2v) is 6.65. The van der Waals surface area contributed by atoms with Crippen molar-refractivity contribution in [3.8, 4) is 5.82 Å². The van der Waals surface area contributed by atoms with Crippen molar-refractivity contribution in [2.45, 2.75) is 6.42 Å². The molecule has 3 aromatic rings. The summed E-state index contributed by atoms with van der Waals surface area (Å²) in [5.41, 5.74) is -0.390. The lowest BCUT2D eigenvalue weighted by molar-refractivity contribution is 0.0949. The predicted molar refractivity (Wildman–Crippen MR) is 105 cm³/mol. The van der Waals surface area contributed by atoms with Crippen LogP contribution in [0.25, 0.3) is 5.82 Å². The van der Waals surface area contributed by atoms with Crippen molar-refractivity contribution in [3.05, 3.63) is 84.7 Å². The van der Waals surface area contributed by atoms with Crippen molar-refractivity contribution in [1.82, 2.24) is 24.6 Å². The van der Waals surface area contributed by atoms with Crippen molar-refractivity contribution in [3.63, 3.8) is 0 Å². The van der Waals surface area contributed by atoms with E-state index in [0.717, 1.165) is 21.0 Å². The molecule has 0 spiro atoms. The van der Waals surface area contributed by atoms with Gasteiger partial charge in [-0.25, -0.2) is 9.78 Å². The van der Waals surface area contributed by atoms with Gasteiger partial charge in [0.05, 0.1) is 5.02 Å². The van der Waals surface area contributed by atoms with E-state index in [1.807, 2.05) is 18.2 Å². The third kappa shape index (κ3) is 4.13. The summed E-state index contributed by atoms with van der Waals surface area (Å²) in [4.78, 5) is 40.3. The zero-order valence-corrected chi connectivity index (χ0v) is 16.2. The van der Waals surface area contributed by atoms with Crippen LogP contribution in [0.1, 0.15) is 16.1 Å². The molecular formula is C18H15Cl2N5O3. The molecule has 3 rings (SSSR count). The number of rotatable bonds is 5. The smallest absolute Gasteiger partial charge is 0.350 e. The summed E-state index contributed by atoms with van der Waals surface area (Å²) in [5.74, 6) is -0.432. The third-order valence-electron chi connectivity index (χ3n) is 3.98. The number of nitrogens with one attached hydrogen (secondary N) is 1. The van der Waals surface area contributed by atoms with Crippen LogP contribution < -0.4 is 16.6 Å². The SMILES string of the molecule is Cn1c(=O)cnn(-c2ccc(Cl)c(C(=O)NCCc3ccccc3Cl)n2)c1=O. The van der Waals surface area contributed by atoms with E-state index in [9.17, 15) is 14.4 Å². The summed E-state index contributed by atoms with van der Waals surface area (Å²) in [5, 5.41) is 7.23. The number of hydrogen-bond donors (Lipinski definition) is 1. The Morgan fingerprint density at radius 1 is 1.11 bits per heavy atom. The summed E-state index contributed by atoms with van der Waals surface area (Å²) in [7, 11) is 1.32. The van der Waals surface area contributed by atoms with E-state index in [-0.39, 0.29) is 16.5 Å². The monoisotopic (exact) mass is 419 g/mol. The molecule has 10 heteroatoms. The second-order valence-electron chi connectivity index (χ2n) is 5.83. The highest BCUT2D eigenvalue weighted by molar-refractivity contribution is 6.33. The van der Waals surface area contributed by atoms with Gasteiger partial charge in [-0.15, -0.1) is 0 Å². The molecule has 1 N–H and O–H groups in total. The fraction of sp³-hybridized carbons (Fsp3) is 0.167. The van der Waals surface area contributed by atoms with E-state index in [2.05, 4.69) is 15.4 Å². The van der Waals surface area contributed by atoms with Crippen LogP contribution in [-0.4, -0.2) is 31.8 Å². The van der Waals surface area contributed by atoms with E-state index < -0.39 is 17.2 Å². The highest BCUT2D eigenvalue weighted by atomic mass is 35.5. The summed E-state index contributed by atoms with van der Waals surface area (Å²) in [6, 6.07) is 10.2. The first kappa shape index (κ1) is 19.8. The van der Waals surface area contributed by atoms with E-state index in [0.29, 0.717) is 18.0 Å². The zero-order valence-electron chi connectivity index (χ0n) is 14.7. The van der Waals surface area contributed by atoms with E-state index in [1.165, 1.54) is 19.2 Å². The van der Waals surface area contributed by atoms with Gasteiger partial charge in [-0.2, -0.15) is 9.78 Å². The summed E-state index contributed by atoms with van der Waals surface area (Å²) in [6.45, 7) is 0.322. The van der Waals surface area contributed by atoms with Crippen molar-refractivity contribution < 1.29 is 4.79 Å². The van der Waals surface area contributed by atoms with Crippen molar-refractivity contribution in [2.24, 2.45) is 7.05 Å². The Hall–Kier alpha value is -2.97. The van der Waals surface area contributed by atoms with Crippen LogP contribution in [0.3, 0.4) is 0 Å². The number of halogens is 2. The lowest BCUT2D eigenvalue weighted by atomic mass is 10.1. The minimum absolute atomic E-state index is 0.0547. The van der Waals surface area contributed by atoms with Gasteiger partial charge < -0.3 is 5.32 Å². The molecule has 8 nitrogen and oxygen atoms in total. The molecule has 0 aliphatic heterocycles. The molecule has 0 unspecified atom stereocenters. The van der Waals surface area contributed by atoms with Crippen LogP contribution in [0.15, 0.2) is 52.2 Å². The number of aromatic nitrogens is 4. The fourth-order valence-corrected chi connectivity index (χ4v) is 2.86. The first-order valence-corrected chi connectivity index (χ1v) is 8.98. The minimum Gasteiger partial charge on any atom is -0.350 e. The molecule has 1 amide bonds. The Morgan fingerprint density at radius 3 is 2.61 bits per heavy atom. The van der Waals surface area contributed by atoms with Gasteiger partial charge in [0.15, 0.2) is 5.82 Å². The van der Waals surface area contributed by atoms with Gasteiger partial charge >= 0.3 is 5.69 Å². The maximum Gasteiger partial charge on any atom is 0.353 e.